The molecule has 1 atom stereocenters. The van der Waals surface area contributed by atoms with Crippen LogP contribution in [0.2, 0.25) is 0 Å². The molecule has 1 heterocycles. The van der Waals surface area contributed by atoms with Crippen molar-refractivity contribution < 1.29 is 14.3 Å². The minimum atomic E-state index is -0.0701. The fraction of sp³-hybridized carbons (Fsp3) is 0.407. The number of aromatic nitrogens is 1. The van der Waals surface area contributed by atoms with Crippen LogP contribution in [0, 0.1) is 5.92 Å². The molecule has 174 valence electrons. The average molecular weight is 511 g/mol. The van der Waals surface area contributed by atoms with Crippen LogP contribution in [0.1, 0.15) is 54.9 Å². The van der Waals surface area contributed by atoms with Crippen LogP contribution < -0.4 is 14.8 Å². The van der Waals surface area contributed by atoms with Gasteiger partial charge in [-0.25, -0.2) is 4.98 Å². The molecule has 0 unspecified atom stereocenters. The van der Waals surface area contributed by atoms with Crippen molar-refractivity contribution in [3.8, 4) is 22.8 Å². The number of carbonyl (C=O) groups excluding carboxylic acids is 1. The van der Waals surface area contributed by atoms with Gasteiger partial charge in [0.25, 0.3) is 5.91 Å². The first kappa shape index (κ1) is 23.6. The van der Waals surface area contributed by atoms with E-state index in [1.807, 2.05) is 42.5 Å². The maximum atomic E-state index is 13.8. The number of methoxy groups -OCH3 is 2. The molecule has 1 aliphatic rings. The summed E-state index contributed by atoms with van der Waals surface area (Å²) in [5, 5.41) is 4.59. The summed E-state index contributed by atoms with van der Waals surface area (Å²) in [6.07, 6.45) is 6.12. The molecule has 1 aliphatic carbocycles. The first-order chi connectivity index (χ1) is 16.1. The molecule has 5 nitrogen and oxygen atoms in total. The molecule has 1 fully saturated rings. The monoisotopic (exact) mass is 510 g/mol. The predicted molar refractivity (Wildman–Crippen MR) is 136 cm³/mol. The van der Waals surface area contributed by atoms with Crippen LogP contribution in [-0.2, 0) is 5.33 Å². The van der Waals surface area contributed by atoms with E-state index in [-0.39, 0.29) is 11.9 Å². The van der Waals surface area contributed by atoms with Gasteiger partial charge >= 0.3 is 0 Å². The zero-order valence-corrected chi connectivity index (χ0v) is 21.1. The topological polar surface area (TPSA) is 60.5 Å². The van der Waals surface area contributed by atoms with Crippen molar-refractivity contribution >= 4 is 32.7 Å². The Hall–Kier alpha value is -2.60. The maximum Gasteiger partial charge on any atom is 0.252 e. The van der Waals surface area contributed by atoms with Crippen LogP contribution in [0.5, 0.6) is 11.5 Å². The van der Waals surface area contributed by atoms with Gasteiger partial charge < -0.3 is 14.8 Å². The highest BCUT2D eigenvalue weighted by molar-refractivity contribution is 9.08. The summed E-state index contributed by atoms with van der Waals surface area (Å²) in [5.41, 5.74) is 3.97. The van der Waals surface area contributed by atoms with Gasteiger partial charge in [-0.1, -0.05) is 65.5 Å². The largest absolute Gasteiger partial charge is 0.493 e. The average Bonchev–Trinajstić information content (AvgIpc) is 2.87. The Balaban J connectivity index is 1.88. The first-order valence-electron chi connectivity index (χ1n) is 11.6. The van der Waals surface area contributed by atoms with E-state index in [1.165, 1.54) is 32.1 Å². The normalized spacial score (nSPS) is 15.3. The summed E-state index contributed by atoms with van der Waals surface area (Å²) in [6.45, 7) is 2.13. The lowest BCUT2D eigenvalue weighted by molar-refractivity contribution is 0.0920. The van der Waals surface area contributed by atoms with Crippen LogP contribution in [-0.4, -0.2) is 31.2 Å². The van der Waals surface area contributed by atoms with Gasteiger partial charge in [-0.2, -0.15) is 0 Å². The number of alkyl halides is 1. The van der Waals surface area contributed by atoms with Gasteiger partial charge in [0, 0.05) is 34.0 Å². The SMILES string of the molecule is COc1cc2nc(-c3ccccc3)c(CBr)c(C(=O)N[C@@H](C)C3CCCCC3)c2cc1OC. The number of fused-ring (bicyclic) bond motifs is 1. The molecule has 6 heteroatoms. The van der Waals surface area contributed by atoms with Crippen molar-refractivity contribution in [3.05, 3.63) is 53.6 Å². The number of pyridine rings is 1. The highest BCUT2D eigenvalue weighted by Crippen LogP contribution is 2.38. The molecule has 33 heavy (non-hydrogen) atoms. The Bertz CT molecular complexity index is 1130. The van der Waals surface area contributed by atoms with Crippen molar-refractivity contribution in [2.45, 2.75) is 50.4 Å². The third kappa shape index (κ3) is 4.86. The molecule has 1 amide bonds. The Kier molecular flexibility index (Phi) is 7.53. The van der Waals surface area contributed by atoms with Crippen LogP contribution in [0.3, 0.4) is 0 Å². The lowest BCUT2D eigenvalue weighted by atomic mass is 9.84. The summed E-state index contributed by atoms with van der Waals surface area (Å²) >= 11 is 3.64. The Labute approximate surface area is 204 Å². The molecular weight excluding hydrogens is 480 g/mol. The Morgan fingerprint density at radius 2 is 1.76 bits per heavy atom. The summed E-state index contributed by atoms with van der Waals surface area (Å²) in [7, 11) is 3.21. The van der Waals surface area contributed by atoms with Crippen LogP contribution >= 0.6 is 15.9 Å². The molecule has 2 aromatic carbocycles. The number of nitrogens with zero attached hydrogens (tertiary/aromatic N) is 1. The van der Waals surface area contributed by atoms with Crippen LogP contribution in [0.15, 0.2) is 42.5 Å². The quantitative estimate of drug-likeness (QED) is 0.368. The van der Waals surface area contributed by atoms with Crippen LogP contribution in [0.4, 0.5) is 0 Å². The molecule has 0 aliphatic heterocycles. The number of halogens is 1. The smallest absolute Gasteiger partial charge is 0.252 e. The van der Waals surface area contributed by atoms with E-state index in [1.54, 1.807) is 14.2 Å². The molecular formula is C27H31BrN2O3. The molecule has 0 saturated heterocycles. The number of carbonyl (C=O) groups is 1. The van der Waals surface area contributed by atoms with Crippen molar-refractivity contribution in [3.63, 3.8) is 0 Å². The molecule has 4 rings (SSSR count). The van der Waals surface area contributed by atoms with Crippen molar-refractivity contribution in [1.29, 1.82) is 0 Å². The van der Waals surface area contributed by atoms with Gasteiger partial charge in [0.2, 0.25) is 0 Å². The number of nitrogens with one attached hydrogen (secondary N) is 1. The number of amides is 1. The summed E-state index contributed by atoms with van der Waals surface area (Å²) in [5.74, 6) is 1.62. The van der Waals surface area contributed by atoms with E-state index in [0.29, 0.717) is 33.8 Å². The predicted octanol–water partition coefficient (Wildman–Crippen LogP) is 6.51. The van der Waals surface area contributed by atoms with E-state index >= 15 is 0 Å². The Morgan fingerprint density at radius 3 is 2.39 bits per heavy atom. The minimum Gasteiger partial charge on any atom is -0.493 e. The van der Waals surface area contributed by atoms with Crippen molar-refractivity contribution in [2.75, 3.05) is 14.2 Å². The van der Waals surface area contributed by atoms with E-state index in [2.05, 4.69) is 28.2 Å². The molecule has 0 spiro atoms. The maximum absolute atomic E-state index is 13.8. The number of rotatable bonds is 7. The number of ether oxygens (including phenoxy) is 2. The standard InChI is InChI=1S/C27H31BrN2O3/c1-17(18-10-6-4-7-11-18)29-27(31)25-20-14-23(32-2)24(33-3)15-22(20)30-26(21(25)16-28)19-12-8-5-9-13-19/h5,8-9,12-15,17-18H,4,6-7,10-11,16H2,1-3H3,(H,29,31)/t17-/m0/s1. The van der Waals surface area contributed by atoms with E-state index < -0.39 is 0 Å². The fourth-order valence-corrected chi connectivity index (χ4v) is 5.43. The number of hydrogen-bond acceptors (Lipinski definition) is 4. The van der Waals surface area contributed by atoms with Crippen molar-refractivity contribution in [2.24, 2.45) is 5.92 Å². The van der Waals surface area contributed by atoms with Gasteiger partial charge in [0.1, 0.15) is 0 Å². The first-order valence-corrected chi connectivity index (χ1v) is 12.7. The number of benzene rings is 2. The molecule has 1 N–H and O–H groups in total. The van der Waals surface area contributed by atoms with Gasteiger partial charge in [-0.15, -0.1) is 0 Å². The zero-order valence-electron chi connectivity index (χ0n) is 19.5. The molecule has 0 bridgehead atoms. The minimum absolute atomic E-state index is 0.0701. The second kappa shape index (κ2) is 10.6. The van der Waals surface area contributed by atoms with Crippen molar-refractivity contribution in [1.82, 2.24) is 10.3 Å². The molecule has 0 radical (unpaired) electrons. The second-order valence-electron chi connectivity index (χ2n) is 8.70. The lowest BCUT2D eigenvalue weighted by Gasteiger charge is -2.29. The van der Waals surface area contributed by atoms with Gasteiger partial charge in [-0.3, -0.25) is 4.79 Å². The van der Waals surface area contributed by atoms with E-state index in [0.717, 1.165) is 22.2 Å². The molecule has 3 aromatic rings. The second-order valence-corrected chi connectivity index (χ2v) is 9.26. The van der Waals surface area contributed by atoms with Crippen LogP contribution in [0.25, 0.3) is 22.2 Å². The summed E-state index contributed by atoms with van der Waals surface area (Å²) in [4.78, 5) is 18.8. The molecule has 1 saturated carbocycles. The Morgan fingerprint density at radius 1 is 1.09 bits per heavy atom. The number of hydrogen-bond donors (Lipinski definition) is 1. The summed E-state index contributed by atoms with van der Waals surface area (Å²) < 4.78 is 11.1. The zero-order chi connectivity index (χ0) is 23.4. The molecule has 1 aromatic heterocycles. The van der Waals surface area contributed by atoms with E-state index in [9.17, 15) is 4.79 Å². The van der Waals surface area contributed by atoms with Gasteiger partial charge in [0.15, 0.2) is 11.5 Å². The third-order valence-corrected chi connectivity index (χ3v) is 7.28. The fourth-order valence-electron chi connectivity index (χ4n) is 4.89. The highest BCUT2D eigenvalue weighted by Gasteiger charge is 2.26. The lowest BCUT2D eigenvalue weighted by Crippen LogP contribution is -2.39. The highest BCUT2D eigenvalue weighted by atomic mass is 79.9. The van der Waals surface area contributed by atoms with Gasteiger partial charge in [-0.05, 0) is 31.7 Å². The van der Waals surface area contributed by atoms with E-state index in [4.69, 9.17) is 14.5 Å². The summed E-state index contributed by atoms with van der Waals surface area (Å²) in [6, 6.07) is 13.8. The van der Waals surface area contributed by atoms with Gasteiger partial charge in [0.05, 0.1) is 31.0 Å². The third-order valence-electron chi connectivity index (χ3n) is 6.71.